The average Bonchev–Trinajstić information content (AvgIpc) is 2.47. The minimum absolute atomic E-state index is 0.0666. The van der Waals surface area contributed by atoms with Crippen LogP contribution >= 0.6 is 0 Å². The third kappa shape index (κ3) is 2.38. The van der Waals surface area contributed by atoms with E-state index in [1.54, 1.807) is 0 Å². The van der Waals surface area contributed by atoms with E-state index in [0.29, 0.717) is 26.3 Å². The Labute approximate surface area is 113 Å². The number of fused-ring (bicyclic) bond motifs is 1. The molecule has 4 nitrogen and oxygen atoms in total. The Morgan fingerprint density at radius 3 is 2.84 bits per heavy atom. The van der Waals surface area contributed by atoms with Crippen LogP contribution in [-0.4, -0.2) is 43.2 Å². The Morgan fingerprint density at radius 1 is 1.32 bits per heavy atom. The van der Waals surface area contributed by atoms with Crippen LogP contribution in [0.4, 0.5) is 0 Å². The van der Waals surface area contributed by atoms with Gasteiger partial charge in [0.25, 0.3) is 0 Å². The van der Waals surface area contributed by atoms with Crippen LogP contribution in [0.2, 0.25) is 0 Å². The van der Waals surface area contributed by atoms with Crippen molar-refractivity contribution in [3.63, 3.8) is 0 Å². The minimum atomic E-state index is -0.0666. The summed E-state index contributed by atoms with van der Waals surface area (Å²) in [5.74, 6) is 0.165. The van der Waals surface area contributed by atoms with Crippen LogP contribution in [0.3, 0.4) is 0 Å². The van der Waals surface area contributed by atoms with Gasteiger partial charge in [0.2, 0.25) is 5.91 Å². The molecule has 0 radical (unpaired) electrons. The van der Waals surface area contributed by atoms with Crippen molar-refractivity contribution in [1.29, 1.82) is 0 Å². The minimum Gasteiger partial charge on any atom is -0.378 e. The summed E-state index contributed by atoms with van der Waals surface area (Å²) >= 11 is 0. The lowest BCUT2D eigenvalue weighted by atomic mass is 9.84. The van der Waals surface area contributed by atoms with Gasteiger partial charge in [0.1, 0.15) is 0 Å². The van der Waals surface area contributed by atoms with Gasteiger partial charge in [0.15, 0.2) is 0 Å². The Balaban J connectivity index is 1.88. The van der Waals surface area contributed by atoms with Gasteiger partial charge in [-0.2, -0.15) is 0 Å². The second kappa shape index (κ2) is 5.31. The highest BCUT2D eigenvalue weighted by Gasteiger charge is 2.34. The molecular weight excluding hydrogens is 240 g/mol. The highest BCUT2D eigenvalue weighted by molar-refractivity contribution is 5.85. The van der Waals surface area contributed by atoms with Crippen molar-refractivity contribution in [2.45, 2.75) is 25.4 Å². The molecular formula is C15H20N2O2. The highest BCUT2D eigenvalue weighted by atomic mass is 16.5. The fourth-order valence-corrected chi connectivity index (χ4v) is 2.98. The van der Waals surface area contributed by atoms with Gasteiger partial charge in [-0.1, -0.05) is 24.3 Å². The van der Waals surface area contributed by atoms with Crippen LogP contribution in [0.1, 0.15) is 24.0 Å². The molecule has 2 heterocycles. The lowest BCUT2D eigenvalue weighted by Crippen LogP contribution is -2.49. The molecule has 2 unspecified atom stereocenters. The first kappa shape index (κ1) is 12.6. The summed E-state index contributed by atoms with van der Waals surface area (Å²) in [6, 6.07) is 8.44. The van der Waals surface area contributed by atoms with Crippen LogP contribution in [0, 0.1) is 0 Å². The van der Waals surface area contributed by atoms with Gasteiger partial charge in [-0.3, -0.25) is 4.79 Å². The molecule has 0 spiro atoms. The molecule has 1 amide bonds. The van der Waals surface area contributed by atoms with E-state index in [4.69, 9.17) is 4.74 Å². The first-order valence-corrected chi connectivity index (χ1v) is 6.95. The molecule has 4 heteroatoms. The summed E-state index contributed by atoms with van der Waals surface area (Å²) in [5, 5.41) is 3.43. The molecule has 2 atom stereocenters. The highest BCUT2D eigenvalue weighted by Crippen LogP contribution is 2.29. The van der Waals surface area contributed by atoms with Crippen molar-refractivity contribution in [3.8, 4) is 0 Å². The molecule has 2 aliphatic heterocycles. The van der Waals surface area contributed by atoms with Crippen molar-refractivity contribution in [2.75, 3.05) is 26.3 Å². The van der Waals surface area contributed by atoms with Gasteiger partial charge in [-0.05, 0) is 18.1 Å². The van der Waals surface area contributed by atoms with E-state index < -0.39 is 0 Å². The Morgan fingerprint density at radius 2 is 2.05 bits per heavy atom. The fraction of sp³-hybridized carbons (Fsp3) is 0.533. The van der Waals surface area contributed by atoms with Gasteiger partial charge >= 0.3 is 0 Å². The maximum absolute atomic E-state index is 12.8. The standard InChI is InChI=1S/C15H20N2O2/c1-11-14(15(18)17-6-8-19-9-7-17)13-5-3-2-4-12(13)10-16-11/h2-5,11,14,16H,6-10H2,1H3. The molecule has 1 fully saturated rings. The molecule has 1 N–H and O–H groups in total. The van der Waals surface area contributed by atoms with E-state index in [2.05, 4.69) is 24.4 Å². The number of hydrogen-bond acceptors (Lipinski definition) is 3. The number of rotatable bonds is 1. The third-order valence-electron chi connectivity index (χ3n) is 4.09. The van der Waals surface area contributed by atoms with E-state index in [1.165, 1.54) is 11.1 Å². The van der Waals surface area contributed by atoms with E-state index in [9.17, 15) is 4.79 Å². The second-order valence-corrected chi connectivity index (χ2v) is 5.28. The van der Waals surface area contributed by atoms with Crippen LogP contribution in [0.5, 0.6) is 0 Å². The largest absolute Gasteiger partial charge is 0.378 e. The number of ether oxygens (including phenoxy) is 1. The normalized spacial score (nSPS) is 26.9. The Bertz CT molecular complexity index is 469. The maximum Gasteiger partial charge on any atom is 0.231 e. The number of carbonyl (C=O) groups is 1. The molecule has 19 heavy (non-hydrogen) atoms. The van der Waals surface area contributed by atoms with E-state index in [-0.39, 0.29) is 17.9 Å². The van der Waals surface area contributed by atoms with Crippen molar-refractivity contribution in [1.82, 2.24) is 10.2 Å². The summed E-state index contributed by atoms with van der Waals surface area (Å²) in [6.07, 6.45) is 0. The average molecular weight is 260 g/mol. The summed E-state index contributed by atoms with van der Waals surface area (Å²) < 4.78 is 5.32. The van der Waals surface area contributed by atoms with Crippen LogP contribution in [0.15, 0.2) is 24.3 Å². The van der Waals surface area contributed by atoms with E-state index >= 15 is 0 Å². The Hall–Kier alpha value is -1.39. The lowest BCUT2D eigenvalue weighted by Gasteiger charge is -2.36. The molecule has 1 aromatic rings. The molecule has 102 valence electrons. The number of hydrogen-bond donors (Lipinski definition) is 1. The zero-order valence-electron chi connectivity index (χ0n) is 11.3. The van der Waals surface area contributed by atoms with Gasteiger partial charge in [-0.15, -0.1) is 0 Å². The monoisotopic (exact) mass is 260 g/mol. The van der Waals surface area contributed by atoms with Gasteiger partial charge in [0.05, 0.1) is 19.1 Å². The zero-order chi connectivity index (χ0) is 13.2. The zero-order valence-corrected chi connectivity index (χ0v) is 11.3. The Kier molecular flexibility index (Phi) is 3.53. The molecule has 0 bridgehead atoms. The van der Waals surface area contributed by atoms with Crippen LogP contribution < -0.4 is 5.32 Å². The van der Waals surface area contributed by atoms with E-state index in [1.807, 2.05) is 17.0 Å². The quantitative estimate of drug-likeness (QED) is 0.823. The van der Waals surface area contributed by atoms with Gasteiger partial charge in [-0.25, -0.2) is 0 Å². The van der Waals surface area contributed by atoms with Crippen molar-refractivity contribution in [3.05, 3.63) is 35.4 Å². The first-order chi connectivity index (χ1) is 9.27. The SMILES string of the molecule is CC1NCc2ccccc2C1C(=O)N1CCOCC1. The molecule has 2 aliphatic rings. The molecule has 3 rings (SSSR count). The number of nitrogens with zero attached hydrogens (tertiary/aromatic N) is 1. The van der Waals surface area contributed by atoms with Crippen LogP contribution in [0.25, 0.3) is 0 Å². The molecule has 0 saturated carbocycles. The van der Waals surface area contributed by atoms with Crippen molar-refractivity contribution in [2.24, 2.45) is 0 Å². The second-order valence-electron chi connectivity index (χ2n) is 5.28. The summed E-state index contributed by atoms with van der Waals surface area (Å²) in [7, 11) is 0. The summed E-state index contributed by atoms with van der Waals surface area (Å²) in [4.78, 5) is 14.7. The van der Waals surface area contributed by atoms with Crippen molar-refractivity contribution >= 4 is 5.91 Å². The number of carbonyl (C=O) groups excluding carboxylic acids is 1. The summed E-state index contributed by atoms with van der Waals surface area (Å²) in [6.45, 7) is 5.68. The molecule has 0 aromatic heterocycles. The van der Waals surface area contributed by atoms with Gasteiger partial charge < -0.3 is 15.0 Å². The predicted octanol–water partition coefficient (Wildman–Crippen LogP) is 1.12. The smallest absolute Gasteiger partial charge is 0.231 e. The number of nitrogens with one attached hydrogen (secondary N) is 1. The predicted molar refractivity (Wildman–Crippen MR) is 72.9 cm³/mol. The molecule has 1 aromatic carbocycles. The number of benzene rings is 1. The maximum atomic E-state index is 12.8. The molecule has 0 aliphatic carbocycles. The molecule has 1 saturated heterocycles. The third-order valence-corrected chi connectivity index (χ3v) is 4.09. The fourth-order valence-electron chi connectivity index (χ4n) is 2.98. The number of morpholine rings is 1. The first-order valence-electron chi connectivity index (χ1n) is 6.95. The van der Waals surface area contributed by atoms with Crippen LogP contribution in [-0.2, 0) is 16.1 Å². The van der Waals surface area contributed by atoms with Crippen molar-refractivity contribution < 1.29 is 9.53 Å². The topological polar surface area (TPSA) is 41.6 Å². The van der Waals surface area contributed by atoms with E-state index in [0.717, 1.165) is 6.54 Å². The lowest BCUT2D eigenvalue weighted by molar-refractivity contribution is -0.137. The van der Waals surface area contributed by atoms with Gasteiger partial charge in [0, 0.05) is 25.7 Å². The number of amides is 1. The summed E-state index contributed by atoms with van der Waals surface area (Å²) in [5.41, 5.74) is 2.43.